The maximum Gasteiger partial charge on any atom is 0.267 e. The number of carbonyl (C=O) groups excluding carboxylic acids is 3. The summed E-state index contributed by atoms with van der Waals surface area (Å²) in [6.07, 6.45) is 10.1. The third kappa shape index (κ3) is 14.9. The Bertz CT molecular complexity index is 2680. The van der Waals surface area contributed by atoms with E-state index in [1.54, 1.807) is 29.7 Å². The van der Waals surface area contributed by atoms with E-state index in [9.17, 15) is 19.5 Å². The average Bonchev–Trinajstić information content (AvgIpc) is 3.79. The molecule has 4 aliphatic rings. The summed E-state index contributed by atoms with van der Waals surface area (Å²) in [6.45, 7) is 15.4. The number of aromatic nitrogens is 2. The van der Waals surface area contributed by atoms with Crippen molar-refractivity contribution < 1.29 is 34.4 Å². The third-order valence-electron chi connectivity index (χ3n) is 13.7. The highest BCUT2D eigenvalue weighted by Gasteiger charge is 2.30. The number of aromatic hydroxyl groups is 1. The Morgan fingerprint density at radius 2 is 1.66 bits per heavy atom. The Morgan fingerprint density at radius 1 is 1.00 bits per heavy atom. The number of fused-ring (bicyclic) bond motifs is 4. The van der Waals surface area contributed by atoms with Crippen LogP contribution in [0.2, 0.25) is 5.02 Å². The Hall–Kier alpha value is -6.33. The molecule has 0 radical (unpaired) electrons. The molecule has 19 heteroatoms. The SMILES string of the molecule is C=O.CC.CO.COCc1c(C(O)C=O)cc2n(c1=O)Cc1cc3c(CN(C)C)c(N4CCN(CC5CCN(/C(N)=C/C=C(\N)C(=O)NC6CCCCC6)CC5)CC4)ccc3nc1-2.Cc1c(O)ccc(C#N)c1Cl. The van der Waals surface area contributed by atoms with Gasteiger partial charge >= 0.3 is 0 Å². The van der Waals surface area contributed by atoms with Gasteiger partial charge in [-0.1, -0.05) is 44.7 Å². The van der Waals surface area contributed by atoms with Crippen LogP contribution >= 0.6 is 11.6 Å². The summed E-state index contributed by atoms with van der Waals surface area (Å²) in [7, 11) is 6.64. The van der Waals surface area contributed by atoms with E-state index in [0.29, 0.717) is 52.1 Å². The summed E-state index contributed by atoms with van der Waals surface area (Å²) < 4.78 is 6.94. The quantitative estimate of drug-likeness (QED) is 0.0486. The molecule has 5 heterocycles. The number of carbonyl (C=O) groups is 3. The number of ether oxygens (including phenoxy) is 1. The van der Waals surface area contributed by atoms with Crippen LogP contribution in [0.4, 0.5) is 5.69 Å². The van der Waals surface area contributed by atoms with Crippen LogP contribution in [0.25, 0.3) is 22.3 Å². The van der Waals surface area contributed by atoms with Crippen molar-refractivity contribution in [3.05, 3.63) is 109 Å². The average molecular weight is 1040 g/mol. The highest BCUT2D eigenvalue weighted by atomic mass is 35.5. The fraction of sp³-hybridized carbons (Fsp3) is 0.491. The van der Waals surface area contributed by atoms with E-state index in [2.05, 4.69) is 57.2 Å². The number of piperazine rings is 1. The summed E-state index contributed by atoms with van der Waals surface area (Å²) in [5, 5.41) is 39.6. The monoisotopic (exact) mass is 1040 g/mol. The number of nitrogens with one attached hydrogen (secondary N) is 1. The van der Waals surface area contributed by atoms with Crippen molar-refractivity contribution in [2.45, 2.75) is 97.6 Å². The lowest BCUT2D eigenvalue weighted by atomic mass is 9.95. The molecule has 0 bridgehead atoms. The smallest absolute Gasteiger partial charge is 0.267 e. The predicted octanol–water partition coefficient (Wildman–Crippen LogP) is 5.47. The molecule has 74 heavy (non-hydrogen) atoms. The number of nitrogens with zero attached hydrogens (tertiary/aromatic N) is 7. The van der Waals surface area contributed by atoms with Crippen molar-refractivity contribution in [2.24, 2.45) is 17.4 Å². The maximum atomic E-state index is 13.6. The van der Waals surface area contributed by atoms with Crippen LogP contribution in [0.1, 0.15) is 98.3 Å². The molecule has 8 rings (SSSR count). The van der Waals surface area contributed by atoms with Gasteiger partial charge in [-0.25, -0.2) is 4.98 Å². The lowest BCUT2D eigenvalue weighted by molar-refractivity contribution is -0.118. The molecule has 1 amide bonds. The first-order chi connectivity index (χ1) is 35.7. The molecular formula is C55H77ClN10O8. The van der Waals surface area contributed by atoms with Crippen LogP contribution in [0.3, 0.4) is 0 Å². The van der Waals surface area contributed by atoms with Gasteiger partial charge in [-0.15, -0.1) is 0 Å². The van der Waals surface area contributed by atoms with Crippen LogP contribution < -0.4 is 27.2 Å². The second-order valence-corrected chi connectivity index (χ2v) is 19.0. The lowest BCUT2D eigenvalue weighted by Crippen LogP contribution is -2.49. The van der Waals surface area contributed by atoms with Crippen molar-refractivity contribution in [3.8, 4) is 23.2 Å². The first-order valence-corrected chi connectivity index (χ1v) is 25.7. The van der Waals surface area contributed by atoms with Gasteiger partial charge in [-0.2, -0.15) is 5.26 Å². The van der Waals surface area contributed by atoms with Gasteiger partial charge in [-0.05, 0) is 107 Å². The Labute approximate surface area is 440 Å². The molecule has 2 aromatic heterocycles. The van der Waals surface area contributed by atoms with Gasteiger partial charge in [0, 0.05) is 106 Å². The lowest BCUT2D eigenvalue weighted by Gasteiger charge is -2.40. The highest BCUT2D eigenvalue weighted by molar-refractivity contribution is 6.32. The van der Waals surface area contributed by atoms with Gasteiger partial charge in [0.05, 0.1) is 52.2 Å². The first-order valence-electron chi connectivity index (χ1n) is 25.3. The number of anilines is 1. The van der Waals surface area contributed by atoms with Crippen LogP contribution in [0.15, 0.2) is 64.9 Å². The molecule has 18 nitrogen and oxygen atoms in total. The van der Waals surface area contributed by atoms with Crippen molar-refractivity contribution in [1.29, 1.82) is 5.26 Å². The maximum absolute atomic E-state index is 13.6. The normalized spacial score (nSPS) is 16.4. The number of phenols is 1. The molecule has 2 aromatic carbocycles. The number of amides is 1. The van der Waals surface area contributed by atoms with E-state index in [0.717, 1.165) is 114 Å². The molecule has 8 N–H and O–H groups in total. The number of aliphatic hydroxyl groups excluding tert-OH is 2. The van der Waals surface area contributed by atoms with Crippen molar-refractivity contribution in [2.75, 3.05) is 79.0 Å². The Morgan fingerprint density at radius 3 is 2.27 bits per heavy atom. The number of likely N-dealkylation sites (tertiary alicyclic amines) is 1. The van der Waals surface area contributed by atoms with E-state index >= 15 is 0 Å². The summed E-state index contributed by atoms with van der Waals surface area (Å²) in [6, 6.07) is 13.2. The number of hydrogen-bond donors (Lipinski definition) is 6. The molecule has 3 aliphatic heterocycles. The largest absolute Gasteiger partial charge is 0.508 e. The van der Waals surface area contributed by atoms with Crippen LogP contribution in [-0.2, 0) is 38.8 Å². The fourth-order valence-electron chi connectivity index (χ4n) is 9.86. The van der Waals surface area contributed by atoms with E-state index in [4.69, 9.17) is 53.1 Å². The minimum absolute atomic E-state index is 0.00156. The number of hydrogen-bond acceptors (Lipinski definition) is 16. The number of aliphatic hydroxyl groups is 2. The molecule has 402 valence electrons. The van der Waals surface area contributed by atoms with Gasteiger partial charge in [-0.3, -0.25) is 14.5 Å². The van der Waals surface area contributed by atoms with E-state index in [1.807, 2.05) is 26.7 Å². The van der Waals surface area contributed by atoms with Gasteiger partial charge in [0.25, 0.3) is 11.5 Å². The zero-order valence-corrected chi connectivity index (χ0v) is 45.0. The molecule has 1 unspecified atom stereocenters. The molecular weight excluding hydrogens is 964 g/mol. The zero-order chi connectivity index (χ0) is 54.6. The standard InChI is InChI=1S/C43H59N9O5.C8H6ClNO.C2H6.CH4O.CH2O/c1-48(2)25-33-31-21-29-24-52-38(22-32(39(54)26-53)34(27-57-3)43(52)56)41(29)47-36(31)10-11-37(33)50-19-17-49(18-20-50)23-28-13-15-51(16-14-28)40(45)12-9-35(44)42(55)46-30-7-5-4-6-8-30;1-5-7(11)3-2-6(4-10)8(5)9;3*1-2/h9-12,21-22,26,28,30,39,54H,4-8,13-20,23-25,27,44-45H2,1-3H3,(H,46,55);2-3,11H,1H3;1-2H3;2H,1H3;1H2/b35-9-,40-12+;;;;. The van der Waals surface area contributed by atoms with Crippen molar-refractivity contribution in [3.63, 3.8) is 0 Å². The van der Waals surface area contributed by atoms with Crippen LogP contribution in [-0.4, -0.2) is 139 Å². The molecule has 1 saturated carbocycles. The number of allylic oxidation sites excluding steroid dienone is 2. The third-order valence-corrected chi connectivity index (χ3v) is 14.2. The van der Waals surface area contributed by atoms with Gasteiger partial charge in [0.15, 0.2) is 6.29 Å². The van der Waals surface area contributed by atoms with Gasteiger partial charge < -0.3 is 65.7 Å². The number of methoxy groups -OCH3 is 1. The zero-order valence-electron chi connectivity index (χ0n) is 44.2. The molecule has 1 aliphatic carbocycles. The van der Waals surface area contributed by atoms with Crippen LogP contribution in [0.5, 0.6) is 5.75 Å². The minimum Gasteiger partial charge on any atom is -0.508 e. The van der Waals surface area contributed by atoms with E-state index in [-0.39, 0.29) is 46.7 Å². The second kappa shape index (κ2) is 29.5. The number of phenolic OH excluding ortho intramolecular Hbond substituents is 1. The van der Waals surface area contributed by atoms with Crippen molar-refractivity contribution in [1.82, 2.24) is 29.6 Å². The predicted molar refractivity (Wildman–Crippen MR) is 291 cm³/mol. The number of rotatable bonds is 13. The Balaban J connectivity index is 0.000000604. The van der Waals surface area contributed by atoms with Gasteiger partial charge in [0.1, 0.15) is 24.7 Å². The summed E-state index contributed by atoms with van der Waals surface area (Å²) in [5.74, 6) is 1.16. The van der Waals surface area contributed by atoms with Crippen LogP contribution in [0, 0.1) is 24.2 Å². The number of pyridine rings is 2. The molecule has 3 fully saturated rings. The Kier molecular flexibility index (Phi) is 24.0. The first kappa shape index (κ1) is 60.2. The topological polar surface area (TPSA) is 257 Å². The van der Waals surface area contributed by atoms with Gasteiger partial charge in [0.2, 0.25) is 0 Å². The second-order valence-electron chi connectivity index (χ2n) is 18.7. The molecule has 0 spiro atoms. The number of piperidine rings is 1. The summed E-state index contributed by atoms with van der Waals surface area (Å²) in [5.41, 5.74) is 19.4. The van der Waals surface area contributed by atoms with E-state index < -0.39 is 6.10 Å². The molecule has 1 atom stereocenters. The number of nitriles is 1. The number of benzene rings is 2. The molecule has 2 saturated heterocycles. The number of aldehydes is 1. The minimum atomic E-state index is -1.42. The summed E-state index contributed by atoms with van der Waals surface area (Å²) in [4.78, 5) is 60.3. The molecule has 4 aromatic rings. The van der Waals surface area contributed by atoms with Crippen molar-refractivity contribution >= 4 is 47.2 Å². The van der Waals surface area contributed by atoms with E-state index in [1.165, 1.54) is 36.9 Å². The summed E-state index contributed by atoms with van der Waals surface area (Å²) >= 11 is 5.72. The number of halogens is 1. The highest BCUT2D eigenvalue weighted by Crippen LogP contribution is 2.38. The number of nitrogens with two attached hydrogens (primary N) is 2. The fourth-order valence-corrected chi connectivity index (χ4v) is 10.1.